The predicted octanol–water partition coefficient (Wildman–Crippen LogP) is 1.45. The van der Waals surface area contributed by atoms with Gasteiger partial charge in [-0.1, -0.05) is 6.07 Å². The van der Waals surface area contributed by atoms with Gasteiger partial charge in [0.25, 0.3) is 0 Å². The summed E-state index contributed by atoms with van der Waals surface area (Å²) in [6.07, 6.45) is 1.53. The lowest BCUT2D eigenvalue weighted by Gasteiger charge is -2.06. The third-order valence-electron chi connectivity index (χ3n) is 2.27. The van der Waals surface area contributed by atoms with E-state index in [1.54, 1.807) is 6.07 Å². The normalized spacial score (nSPS) is 10.1. The van der Waals surface area contributed by atoms with E-state index in [2.05, 4.69) is 20.8 Å². The van der Waals surface area contributed by atoms with Crippen molar-refractivity contribution in [2.75, 3.05) is 11.1 Å². The second-order valence-electron chi connectivity index (χ2n) is 3.63. The average Bonchev–Trinajstić information content (AvgIpc) is 2.72. The number of halogens is 1. The number of hydrogen-bond acceptors (Lipinski definition) is 3. The van der Waals surface area contributed by atoms with Gasteiger partial charge in [-0.25, -0.2) is 9.18 Å². The van der Waals surface area contributed by atoms with Crippen LogP contribution in [0.15, 0.2) is 30.5 Å². The lowest BCUT2D eigenvalue weighted by Crippen LogP contribution is -2.28. The highest BCUT2D eigenvalue weighted by Crippen LogP contribution is 2.09. The highest BCUT2D eigenvalue weighted by atomic mass is 19.1. The van der Waals surface area contributed by atoms with Crippen molar-refractivity contribution in [3.05, 3.63) is 41.8 Å². The number of carbonyl (C=O) groups is 1. The van der Waals surface area contributed by atoms with Gasteiger partial charge < -0.3 is 16.4 Å². The highest BCUT2D eigenvalue weighted by Gasteiger charge is 2.05. The molecular weight excluding hydrogens is 237 g/mol. The first-order valence-electron chi connectivity index (χ1n) is 5.23. The van der Waals surface area contributed by atoms with Crippen molar-refractivity contribution in [3.8, 4) is 0 Å². The summed E-state index contributed by atoms with van der Waals surface area (Å²) in [5.74, 6) is -0.00654. The number of nitrogens with one attached hydrogen (secondary N) is 3. The topological polar surface area (TPSA) is 95.8 Å². The molecule has 2 rings (SSSR count). The van der Waals surface area contributed by atoms with Crippen LogP contribution in [-0.4, -0.2) is 16.2 Å². The van der Waals surface area contributed by atoms with Crippen LogP contribution >= 0.6 is 0 Å². The van der Waals surface area contributed by atoms with Gasteiger partial charge in [-0.2, -0.15) is 5.10 Å². The first-order valence-corrected chi connectivity index (χ1v) is 5.23. The minimum Gasteiger partial charge on any atom is -0.384 e. The number of rotatable bonds is 3. The van der Waals surface area contributed by atoms with Gasteiger partial charge in [-0.3, -0.25) is 5.10 Å². The molecule has 7 heteroatoms. The van der Waals surface area contributed by atoms with Gasteiger partial charge >= 0.3 is 6.03 Å². The molecule has 1 heterocycles. The second-order valence-corrected chi connectivity index (χ2v) is 3.63. The number of nitrogens with zero attached hydrogens (tertiary/aromatic N) is 1. The molecule has 18 heavy (non-hydrogen) atoms. The smallest absolute Gasteiger partial charge is 0.319 e. The summed E-state index contributed by atoms with van der Waals surface area (Å²) in [6, 6.07) is 5.19. The van der Waals surface area contributed by atoms with Crippen LogP contribution in [0.25, 0.3) is 0 Å². The summed E-state index contributed by atoms with van der Waals surface area (Å²) < 4.78 is 12.9. The molecule has 1 aromatic heterocycles. The largest absolute Gasteiger partial charge is 0.384 e. The van der Waals surface area contributed by atoms with Crippen LogP contribution in [0.4, 0.5) is 20.7 Å². The zero-order chi connectivity index (χ0) is 13.0. The van der Waals surface area contributed by atoms with Gasteiger partial charge in [0, 0.05) is 17.8 Å². The minimum atomic E-state index is -0.443. The number of hydrogen-bond donors (Lipinski definition) is 4. The first kappa shape index (κ1) is 11.9. The number of nitrogens with two attached hydrogens (primary N) is 1. The second kappa shape index (κ2) is 5.17. The van der Waals surface area contributed by atoms with E-state index in [4.69, 9.17) is 5.73 Å². The number of amides is 2. The maximum absolute atomic E-state index is 12.9. The molecule has 0 aliphatic heterocycles. The average molecular weight is 249 g/mol. The molecule has 0 saturated heterocycles. The molecule has 0 bridgehead atoms. The van der Waals surface area contributed by atoms with Crippen LogP contribution in [0.1, 0.15) is 5.56 Å². The molecular formula is C11H12FN5O. The van der Waals surface area contributed by atoms with E-state index in [1.165, 1.54) is 24.4 Å². The van der Waals surface area contributed by atoms with Crippen molar-refractivity contribution in [1.82, 2.24) is 15.5 Å². The Morgan fingerprint density at radius 3 is 3.00 bits per heavy atom. The Kier molecular flexibility index (Phi) is 3.42. The molecule has 6 nitrogen and oxygen atoms in total. The molecule has 94 valence electrons. The number of nitrogen functional groups attached to an aromatic ring is 1. The third kappa shape index (κ3) is 2.97. The Balaban J connectivity index is 1.88. The molecule has 0 fully saturated rings. The SMILES string of the molecule is Nc1[nH]ncc1CNC(=O)Nc1cccc(F)c1. The Morgan fingerprint density at radius 1 is 1.50 bits per heavy atom. The number of anilines is 2. The number of carbonyl (C=O) groups excluding carboxylic acids is 1. The molecule has 1 aromatic carbocycles. The highest BCUT2D eigenvalue weighted by molar-refractivity contribution is 5.89. The van der Waals surface area contributed by atoms with Crippen LogP contribution in [-0.2, 0) is 6.54 Å². The predicted molar refractivity (Wildman–Crippen MR) is 65.3 cm³/mol. The van der Waals surface area contributed by atoms with E-state index in [-0.39, 0.29) is 6.54 Å². The maximum Gasteiger partial charge on any atom is 0.319 e. The van der Waals surface area contributed by atoms with Crippen molar-refractivity contribution in [2.24, 2.45) is 0 Å². The van der Waals surface area contributed by atoms with E-state index in [0.29, 0.717) is 17.1 Å². The van der Waals surface area contributed by atoms with Crippen LogP contribution in [0.5, 0.6) is 0 Å². The summed E-state index contributed by atoms with van der Waals surface area (Å²) in [4.78, 5) is 11.5. The van der Waals surface area contributed by atoms with Crippen molar-refractivity contribution in [3.63, 3.8) is 0 Å². The minimum absolute atomic E-state index is 0.240. The Labute approximate surface area is 102 Å². The van der Waals surface area contributed by atoms with Crippen LogP contribution in [0.3, 0.4) is 0 Å². The lowest BCUT2D eigenvalue weighted by atomic mass is 10.3. The molecule has 0 unspecified atom stereocenters. The molecule has 0 saturated carbocycles. The molecule has 2 amide bonds. The summed E-state index contributed by atoms with van der Waals surface area (Å²) in [7, 11) is 0. The van der Waals surface area contributed by atoms with Gasteiger partial charge in [0.15, 0.2) is 0 Å². The fraction of sp³-hybridized carbons (Fsp3) is 0.0909. The molecule has 5 N–H and O–H groups in total. The Hall–Kier alpha value is -2.57. The van der Waals surface area contributed by atoms with Crippen LogP contribution < -0.4 is 16.4 Å². The van der Waals surface area contributed by atoms with E-state index >= 15 is 0 Å². The van der Waals surface area contributed by atoms with Gasteiger partial charge in [0.1, 0.15) is 11.6 Å². The monoisotopic (exact) mass is 249 g/mol. The van der Waals surface area contributed by atoms with Gasteiger partial charge in [-0.15, -0.1) is 0 Å². The van der Waals surface area contributed by atoms with Crippen molar-refractivity contribution in [1.29, 1.82) is 0 Å². The quantitative estimate of drug-likeness (QED) is 0.663. The zero-order valence-corrected chi connectivity index (χ0v) is 9.40. The molecule has 0 spiro atoms. The Morgan fingerprint density at radius 2 is 2.33 bits per heavy atom. The van der Waals surface area contributed by atoms with Crippen molar-refractivity contribution in [2.45, 2.75) is 6.54 Å². The molecule has 0 aliphatic carbocycles. The maximum atomic E-state index is 12.9. The van der Waals surface area contributed by atoms with E-state index < -0.39 is 11.8 Å². The number of benzene rings is 1. The number of H-pyrrole nitrogens is 1. The molecule has 0 radical (unpaired) electrons. The van der Waals surface area contributed by atoms with E-state index in [0.717, 1.165) is 0 Å². The standard InChI is InChI=1S/C11H12FN5O/c12-8-2-1-3-9(4-8)16-11(18)14-5-7-6-15-17-10(7)13/h1-4,6H,5H2,(H3,13,15,17)(H2,14,16,18). The lowest BCUT2D eigenvalue weighted by molar-refractivity contribution is 0.252. The molecule has 0 atom stereocenters. The van der Waals surface area contributed by atoms with Gasteiger partial charge in [-0.05, 0) is 18.2 Å². The fourth-order valence-corrected chi connectivity index (χ4v) is 1.38. The number of aromatic amines is 1. The van der Waals surface area contributed by atoms with Crippen LogP contribution in [0, 0.1) is 5.82 Å². The zero-order valence-electron chi connectivity index (χ0n) is 9.40. The summed E-state index contributed by atoms with van der Waals surface area (Å²) >= 11 is 0. The summed E-state index contributed by atoms with van der Waals surface area (Å²) in [5, 5.41) is 11.4. The summed E-state index contributed by atoms with van der Waals surface area (Å²) in [6.45, 7) is 0.240. The van der Waals surface area contributed by atoms with E-state index in [1.807, 2.05) is 0 Å². The first-order chi connectivity index (χ1) is 8.65. The van der Waals surface area contributed by atoms with Crippen molar-refractivity contribution < 1.29 is 9.18 Å². The molecule has 0 aliphatic rings. The van der Waals surface area contributed by atoms with Gasteiger partial charge in [0.2, 0.25) is 0 Å². The fourth-order valence-electron chi connectivity index (χ4n) is 1.38. The molecule has 2 aromatic rings. The number of urea groups is 1. The van der Waals surface area contributed by atoms with Crippen molar-refractivity contribution >= 4 is 17.5 Å². The van der Waals surface area contributed by atoms with Gasteiger partial charge in [0.05, 0.1) is 6.20 Å². The third-order valence-corrected chi connectivity index (χ3v) is 2.27. The Bertz CT molecular complexity index is 554. The summed E-state index contributed by atoms with van der Waals surface area (Å²) in [5.41, 5.74) is 6.63. The number of aromatic nitrogens is 2. The van der Waals surface area contributed by atoms with E-state index in [9.17, 15) is 9.18 Å². The van der Waals surface area contributed by atoms with Crippen LogP contribution in [0.2, 0.25) is 0 Å².